The standard InChI is InChI=1S/C11H21ClN2/c1-10(6-12)7-14-5-4-11(2,9-14)8-13-3/h6,13H,4-5,7-9H2,1-3H3. The van der Waals surface area contributed by atoms with E-state index in [9.17, 15) is 0 Å². The van der Waals surface area contributed by atoms with Crippen molar-refractivity contribution in [1.82, 2.24) is 10.2 Å². The lowest BCUT2D eigenvalue weighted by Crippen LogP contribution is -2.33. The summed E-state index contributed by atoms with van der Waals surface area (Å²) in [6.07, 6.45) is 1.28. The molecule has 0 saturated carbocycles. The van der Waals surface area contributed by atoms with Gasteiger partial charge in [0.15, 0.2) is 0 Å². The molecule has 82 valence electrons. The molecule has 0 spiro atoms. The van der Waals surface area contributed by atoms with Crippen LogP contribution in [0.25, 0.3) is 0 Å². The van der Waals surface area contributed by atoms with Crippen LogP contribution in [0.4, 0.5) is 0 Å². The summed E-state index contributed by atoms with van der Waals surface area (Å²) in [4.78, 5) is 2.48. The molecule has 1 heterocycles. The Kier molecular flexibility index (Phi) is 4.42. The highest BCUT2D eigenvalue weighted by atomic mass is 35.5. The molecular formula is C11H21ClN2. The summed E-state index contributed by atoms with van der Waals surface area (Å²) in [5.74, 6) is 0. The van der Waals surface area contributed by atoms with Crippen LogP contribution in [0.2, 0.25) is 0 Å². The summed E-state index contributed by atoms with van der Waals surface area (Å²) < 4.78 is 0. The van der Waals surface area contributed by atoms with Gasteiger partial charge in [0.25, 0.3) is 0 Å². The van der Waals surface area contributed by atoms with Gasteiger partial charge >= 0.3 is 0 Å². The molecule has 1 unspecified atom stereocenters. The van der Waals surface area contributed by atoms with Crippen LogP contribution in [0.15, 0.2) is 11.1 Å². The molecule has 14 heavy (non-hydrogen) atoms. The fourth-order valence-corrected chi connectivity index (χ4v) is 2.29. The molecule has 2 nitrogen and oxygen atoms in total. The Morgan fingerprint density at radius 2 is 2.36 bits per heavy atom. The molecule has 1 aliphatic rings. The van der Waals surface area contributed by atoms with E-state index in [2.05, 4.69) is 24.1 Å². The predicted molar refractivity (Wildman–Crippen MR) is 62.7 cm³/mol. The summed E-state index contributed by atoms with van der Waals surface area (Å²) in [5.41, 5.74) is 3.38. The van der Waals surface area contributed by atoms with Gasteiger partial charge in [0.2, 0.25) is 0 Å². The van der Waals surface area contributed by atoms with Crippen LogP contribution in [-0.4, -0.2) is 38.1 Å². The first-order valence-corrected chi connectivity index (χ1v) is 5.66. The Balaban J connectivity index is 2.40. The minimum Gasteiger partial charge on any atom is -0.319 e. The second kappa shape index (κ2) is 5.15. The zero-order valence-corrected chi connectivity index (χ0v) is 10.2. The van der Waals surface area contributed by atoms with Gasteiger partial charge in [0.1, 0.15) is 0 Å². The van der Waals surface area contributed by atoms with Crippen LogP contribution in [0.3, 0.4) is 0 Å². The summed E-state index contributed by atoms with van der Waals surface area (Å²) in [6, 6.07) is 0. The maximum Gasteiger partial charge on any atom is 0.0202 e. The third kappa shape index (κ3) is 3.26. The van der Waals surface area contributed by atoms with Crippen molar-refractivity contribution in [2.75, 3.05) is 33.2 Å². The fraction of sp³-hybridized carbons (Fsp3) is 0.818. The van der Waals surface area contributed by atoms with E-state index < -0.39 is 0 Å². The first-order chi connectivity index (χ1) is 6.59. The zero-order valence-electron chi connectivity index (χ0n) is 9.44. The van der Waals surface area contributed by atoms with E-state index in [-0.39, 0.29) is 0 Å². The molecule has 1 aliphatic heterocycles. The van der Waals surface area contributed by atoms with Gasteiger partial charge in [0.05, 0.1) is 0 Å². The minimum atomic E-state index is 0.446. The molecule has 0 aromatic heterocycles. The highest BCUT2D eigenvalue weighted by molar-refractivity contribution is 6.25. The number of halogens is 1. The molecule has 1 fully saturated rings. The number of nitrogens with one attached hydrogen (secondary N) is 1. The largest absolute Gasteiger partial charge is 0.319 e. The third-order valence-electron chi connectivity index (χ3n) is 2.90. The maximum atomic E-state index is 5.66. The molecular weight excluding hydrogens is 196 g/mol. The molecule has 0 aromatic carbocycles. The number of hydrogen-bond acceptors (Lipinski definition) is 2. The lowest BCUT2D eigenvalue weighted by atomic mass is 9.90. The van der Waals surface area contributed by atoms with Gasteiger partial charge in [0, 0.05) is 25.2 Å². The van der Waals surface area contributed by atoms with Crippen LogP contribution >= 0.6 is 11.6 Å². The third-order valence-corrected chi connectivity index (χ3v) is 3.27. The van der Waals surface area contributed by atoms with Gasteiger partial charge in [-0.05, 0) is 37.9 Å². The molecule has 1 rings (SSSR count). The van der Waals surface area contributed by atoms with Crippen molar-refractivity contribution in [3.05, 3.63) is 11.1 Å². The molecule has 1 N–H and O–H groups in total. The van der Waals surface area contributed by atoms with Crippen LogP contribution in [0.5, 0.6) is 0 Å². The van der Waals surface area contributed by atoms with E-state index in [0.717, 1.165) is 13.1 Å². The van der Waals surface area contributed by atoms with E-state index in [4.69, 9.17) is 11.6 Å². The molecule has 0 aliphatic carbocycles. The maximum absolute atomic E-state index is 5.66. The topological polar surface area (TPSA) is 15.3 Å². The zero-order chi connectivity index (χ0) is 10.6. The first kappa shape index (κ1) is 12.0. The Hall–Kier alpha value is -0.0500. The summed E-state index contributed by atoms with van der Waals surface area (Å²) in [7, 11) is 2.03. The van der Waals surface area contributed by atoms with Crippen LogP contribution in [-0.2, 0) is 0 Å². The Morgan fingerprint density at radius 3 is 2.93 bits per heavy atom. The minimum absolute atomic E-state index is 0.446. The van der Waals surface area contributed by atoms with E-state index in [1.54, 1.807) is 5.54 Å². The van der Waals surface area contributed by atoms with Crippen molar-refractivity contribution in [2.45, 2.75) is 20.3 Å². The van der Waals surface area contributed by atoms with Crippen molar-refractivity contribution in [2.24, 2.45) is 5.41 Å². The van der Waals surface area contributed by atoms with Crippen molar-refractivity contribution in [1.29, 1.82) is 0 Å². The molecule has 1 atom stereocenters. The first-order valence-electron chi connectivity index (χ1n) is 5.22. The van der Waals surface area contributed by atoms with Crippen molar-refractivity contribution < 1.29 is 0 Å². The van der Waals surface area contributed by atoms with Crippen molar-refractivity contribution in [3.8, 4) is 0 Å². The highest BCUT2D eigenvalue weighted by Gasteiger charge is 2.32. The number of rotatable bonds is 4. The molecule has 0 amide bonds. The Morgan fingerprint density at radius 1 is 1.64 bits per heavy atom. The van der Waals surface area contributed by atoms with Crippen LogP contribution < -0.4 is 5.32 Å². The average Bonchev–Trinajstić information content (AvgIpc) is 2.48. The normalized spacial score (nSPS) is 29.9. The van der Waals surface area contributed by atoms with Gasteiger partial charge < -0.3 is 5.32 Å². The monoisotopic (exact) mass is 216 g/mol. The number of hydrogen-bond donors (Lipinski definition) is 1. The van der Waals surface area contributed by atoms with Crippen LogP contribution in [0, 0.1) is 5.41 Å². The van der Waals surface area contributed by atoms with E-state index in [1.165, 1.54) is 25.1 Å². The second-order valence-electron chi connectivity index (χ2n) is 4.76. The second-order valence-corrected chi connectivity index (χ2v) is 4.98. The van der Waals surface area contributed by atoms with Crippen molar-refractivity contribution in [3.63, 3.8) is 0 Å². The predicted octanol–water partition coefficient (Wildman–Crippen LogP) is 2.06. The summed E-state index contributed by atoms with van der Waals surface area (Å²) in [6.45, 7) is 8.93. The van der Waals surface area contributed by atoms with Crippen LogP contribution in [0.1, 0.15) is 20.3 Å². The van der Waals surface area contributed by atoms with Crippen molar-refractivity contribution >= 4 is 11.6 Å². The Bertz CT molecular complexity index is 215. The fourth-order valence-electron chi connectivity index (χ4n) is 2.22. The summed E-state index contributed by atoms with van der Waals surface area (Å²) >= 11 is 5.66. The molecule has 0 aromatic rings. The molecule has 1 saturated heterocycles. The lowest BCUT2D eigenvalue weighted by Gasteiger charge is -2.24. The Labute approximate surface area is 92.3 Å². The summed E-state index contributed by atoms with van der Waals surface area (Å²) in [5, 5.41) is 3.27. The smallest absolute Gasteiger partial charge is 0.0202 e. The van der Waals surface area contributed by atoms with Gasteiger partial charge in [-0.3, -0.25) is 4.90 Å². The quantitative estimate of drug-likeness (QED) is 0.774. The highest BCUT2D eigenvalue weighted by Crippen LogP contribution is 2.29. The SMILES string of the molecule is CNCC1(C)CCN(CC(C)=CCl)C1. The van der Waals surface area contributed by atoms with Gasteiger partial charge in [-0.25, -0.2) is 0 Å². The number of likely N-dealkylation sites (tertiary alicyclic amines) is 1. The number of nitrogens with zero attached hydrogens (tertiary/aromatic N) is 1. The molecule has 0 radical (unpaired) electrons. The molecule has 0 bridgehead atoms. The van der Waals surface area contributed by atoms with Gasteiger partial charge in [-0.1, -0.05) is 18.5 Å². The lowest BCUT2D eigenvalue weighted by molar-refractivity contribution is 0.284. The van der Waals surface area contributed by atoms with Gasteiger partial charge in [-0.15, -0.1) is 0 Å². The van der Waals surface area contributed by atoms with E-state index >= 15 is 0 Å². The average molecular weight is 217 g/mol. The van der Waals surface area contributed by atoms with Gasteiger partial charge in [-0.2, -0.15) is 0 Å². The molecule has 3 heteroatoms. The van der Waals surface area contributed by atoms with E-state index in [1.807, 2.05) is 7.05 Å². The van der Waals surface area contributed by atoms with E-state index in [0.29, 0.717) is 5.41 Å².